The van der Waals surface area contributed by atoms with E-state index in [-0.39, 0.29) is 0 Å². The SMILES string of the molecule is CC1CCC(NC2CCCCCC2)CC1. The van der Waals surface area contributed by atoms with E-state index in [1.54, 1.807) is 0 Å². The van der Waals surface area contributed by atoms with Crippen molar-refractivity contribution in [1.82, 2.24) is 5.32 Å². The second kappa shape index (κ2) is 5.89. The van der Waals surface area contributed by atoms with Crippen molar-refractivity contribution >= 4 is 0 Å². The predicted molar refractivity (Wildman–Crippen MR) is 66.0 cm³/mol. The normalized spacial score (nSPS) is 35.0. The summed E-state index contributed by atoms with van der Waals surface area (Å²) in [7, 11) is 0. The van der Waals surface area contributed by atoms with Gasteiger partial charge in [0.1, 0.15) is 0 Å². The summed E-state index contributed by atoms with van der Waals surface area (Å²) in [6.45, 7) is 2.40. The van der Waals surface area contributed by atoms with E-state index >= 15 is 0 Å². The van der Waals surface area contributed by atoms with Crippen molar-refractivity contribution in [1.29, 1.82) is 0 Å². The molecule has 0 heterocycles. The first kappa shape index (κ1) is 11.4. The second-order valence-corrected chi connectivity index (χ2v) is 5.81. The average molecular weight is 209 g/mol. The molecule has 0 bridgehead atoms. The molecule has 0 aromatic carbocycles. The maximum atomic E-state index is 3.92. The largest absolute Gasteiger partial charge is 0.311 e. The number of nitrogens with one attached hydrogen (secondary N) is 1. The van der Waals surface area contributed by atoms with Crippen molar-refractivity contribution in [2.75, 3.05) is 0 Å². The maximum Gasteiger partial charge on any atom is 0.00698 e. The first-order valence-electron chi connectivity index (χ1n) is 7.10. The zero-order valence-electron chi connectivity index (χ0n) is 10.3. The lowest BCUT2D eigenvalue weighted by atomic mass is 9.87. The third-order valence-electron chi connectivity index (χ3n) is 4.34. The molecule has 2 rings (SSSR count). The molecule has 0 radical (unpaired) electrons. The highest BCUT2D eigenvalue weighted by Crippen LogP contribution is 2.25. The highest BCUT2D eigenvalue weighted by atomic mass is 14.9. The summed E-state index contributed by atoms with van der Waals surface area (Å²) in [6.07, 6.45) is 14.5. The average Bonchev–Trinajstić information content (AvgIpc) is 2.50. The Morgan fingerprint density at radius 1 is 0.667 bits per heavy atom. The molecule has 1 nitrogen and oxygen atoms in total. The van der Waals surface area contributed by atoms with Gasteiger partial charge in [0.2, 0.25) is 0 Å². The smallest absolute Gasteiger partial charge is 0.00698 e. The molecule has 2 fully saturated rings. The minimum absolute atomic E-state index is 0.851. The minimum atomic E-state index is 0.851. The van der Waals surface area contributed by atoms with E-state index in [0.29, 0.717) is 0 Å². The van der Waals surface area contributed by atoms with Crippen LogP contribution in [0.3, 0.4) is 0 Å². The van der Waals surface area contributed by atoms with Gasteiger partial charge < -0.3 is 5.32 Å². The first-order chi connectivity index (χ1) is 7.34. The monoisotopic (exact) mass is 209 g/mol. The molecule has 1 N–H and O–H groups in total. The Bertz CT molecular complexity index is 162. The van der Waals surface area contributed by atoms with Crippen molar-refractivity contribution in [2.24, 2.45) is 5.92 Å². The quantitative estimate of drug-likeness (QED) is 0.681. The molecule has 0 unspecified atom stereocenters. The highest BCUT2D eigenvalue weighted by Gasteiger charge is 2.21. The third kappa shape index (κ3) is 3.79. The molecule has 0 aromatic rings. The molecule has 88 valence electrons. The molecule has 0 aromatic heterocycles. The van der Waals surface area contributed by atoms with Crippen molar-refractivity contribution in [3.8, 4) is 0 Å². The lowest BCUT2D eigenvalue weighted by Gasteiger charge is -2.30. The predicted octanol–water partition coefficient (Wildman–Crippen LogP) is 3.88. The lowest BCUT2D eigenvalue weighted by molar-refractivity contribution is 0.277. The Hall–Kier alpha value is -0.0400. The first-order valence-corrected chi connectivity index (χ1v) is 7.10. The van der Waals surface area contributed by atoms with Crippen LogP contribution in [0, 0.1) is 5.92 Å². The molecular weight excluding hydrogens is 182 g/mol. The summed E-state index contributed by atoms with van der Waals surface area (Å²) >= 11 is 0. The topological polar surface area (TPSA) is 12.0 Å². The van der Waals surface area contributed by atoms with Gasteiger partial charge >= 0.3 is 0 Å². The summed E-state index contributed by atoms with van der Waals surface area (Å²) in [4.78, 5) is 0. The van der Waals surface area contributed by atoms with Crippen LogP contribution in [0.2, 0.25) is 0 Å². The van der Waals surface area contributed by atoms with E-state index in [1.807, 2.05) is 0 Å². The molecule has 0 spiro atoms. The van der Waals surface area contributed by atoms with Crippen LogP contribution in [0.5, 0.6) is 0 Å². The van der Waals surface area contributed by atoms with E-state index in [0.717, 1.165) is 18.0 Å². The Kier molecular flexibility index (Phi) is 4.49. The van der Waals surface area contributed by atoms with E-state index < -0.39 is 0 Å². The van der Waals surface area contributed by atoms with Gasteiger partial charge in [-0.3, -0.25) is 0 Å². The van der Waals surface area contributed by atoms with Crippen molar-refractivity contribution in [3.05, 3.63) is 0 Å². The highest BCUT2D eigenvalue weighted by molar-refractivity contribution is 4.80. The van der Waals surface area contributed by atoms with Gasteiger partial charge in [-0.05, 0) is 44.4 Å². The van der Waals surface area contributed by atoms with Crippen LogP contribution in [0.4, 0.5) is 0 Å². The molecule has 2 aliphatic carbocycles. The van der Waals surface area contributed by atoms with Crippen molar-refractivity contribution < 1.29 is 0 Å². The summed E-state index contributed by atoms with van der Waals surface area (Å²) in [5.41, 5.74) is 0. The Balaban J connectivity index is 1.70. The Morgan fingerprint density at radius 2 is 1.20 bits per heavy atom. The number of rotatable bonds is 2. The fourth-order valence-electron chi connectivity index (χ4n) is 3.21. The van der Waals surface area contributed by atoms with Crippen LogP contribution in [-0.2, 0) is 0 Å². The zero-order chi connectivity index (χ0) is 10.5. The number of hydrogen-bond acceptors (Lipinski definition) is 1. The van der Waals surface area contributed by atoms with Crippen LogP contribution in [0.15, 0.2) is 0 Å². The van der Waals surface area contributed by atoms with E-state index in [4.69, 9.17) is 0 Å². The minimum Gasteiger partial charge on any atom is -0.311 e. The van der Waals surface area contributed by atoms with Crippen LogP contribution in [-0.4, -0.2) is 12.1 Å². The molecule has 1 heteroatoms. The van der Waals surface area contributed by atoms with E-state index in [1.165, 1.54) is 64.2 Å². The summed E-state index contributed by atoms with van der Waals surface area (Å²) in [6, 6.07) is 1.70. The second-order valence-electron chi connectivity index (χ2n) is 5.81. The molecular formula is C14H27N. The standard InChI is InChI=1S/C14H27N/c1-12-8-10-14(11-9-12)15-13-6-4-2-3-5-7-13/h12-15H,2-11H2,1H3. The van der Waals surface area contributed by atoms with Gasteiger partial charge in [0.25, 0.3) is 0 Å². The summed E-state index contributed by atoms with van der Waals surface area (Å²) in [5.74, 6) is 0.984. The van der Waals surface area contributed by atoms with E-state index in [2.05, 4.69) is 12.2 Å². The van der Waals surface area contributed by atoms with Gasteiger partial charge in [-0.2, -0.15) is 0 Å². The van der Waals surface area contributed by atoms with Gasteiger partial charge in [0, 0.05) is 12.1 Å². The molecule has 2 aliphatic rings. The number of hydrogen-bond donors (Lipinski definition) is 1. The van der Waals surface area contributed by atoms with Crippen LogP contribution in [0.25, 0.3) is 0 Å². The molecule has 2 saturated carbocycles. The lowest BCUT2D eigenvalue weighted by Crippen LogP contribution is -2.40. The fourth-order valence-corrected chi connectivity index (χ4v) is 3.21. The van der Waals surface area contributed by atoms with E-state index in [9.17, 15) is 0 Å². The molecule has 15 heavy (non-hydrogen) atoms. The van der Waals surface area contributed by atoms with Crippen molar-refractivity contribution in [3.63, 3.8) is 0 Å². The van der Waals surface area contributed by atoms with Gasteiger partial charge in [-0.25, -0.2) is 0 Å². The van der Waals surface area contributed by atoms with Gasteiger partial charge in [-0.15, -0.1) is 0 Å². The molecule has 0 atom stereocenters. The van der Waals surface area contributed by atoms with Gasteiger partial charge in [0.15, 0.2) is 0 Å². The van der Waals surface area contributed by atoms with Crippen LogP contribution < -0.4 is 5.32 Å². The molecule has 0 amide bonds. The zero-order valence-corrected chi connectivity index (χ0v) is 10.3. The van der Waals surface area contributed by atoms with Gasteiger partial charge in [0.05, 0.1) is 0 Å². The van der Waals surface area contributed by atoms with Crippen LogP contribution in [0.1, 0.15) is 71.1 Å². The molecule has 0 saturated heterocycles. The fraction of sp³-hybridized carbons (Fsp3) is 1.00. The van der Waals surface area contributed by atoms with Crippen LogP contribution >= 0.6 is 0 Å². The summed E-state index contributed by atoms with van der Waals surface area (Å²) < 4.78 is 0. The Morgan fingerprint density at radius 3 is 1.80 bits per heavy atom. The van der Waals surface area contributed by atoms with Gasteiger partial charge in [-0.1, -0.05) is 32.6 Å². The third-order valence-corrected chi connectivity index (χ3v) is 4.34. The van der Waals surface area contributed by atoms with Crippen molar-refractivity contribution in [2.45, 2.75) is 83.2 Å². The summed E-state index contributed by atoms with van der Waals surface area (Å²) in [5, 5.41) is 3.92. The molecule has 0 aliphatic heterocycles. The maximum absolute atomic E-state index is 3.92. The Labute approximate surface area is 95.0 Å².